The SMILES string of the molecule is CCCC(C)C(=O)I. The summed E-state index contributed by atoms with van der Waals surface area (Å²) in [6, 6.07) is 0. The molecule has 0 heterocycles. The predicted octanol–water partition coefficient (Wildman–Crippen LogP) is 2.38. The van der Waals surface area contributed by atoms with E-state index in [-0.39, 0.29) is 9.71 Å². The van der Waals surface area contributed by atoms with E-state index < -0.39 is 0 Å². The van der Waals surface area contributed by atoms with Gasteiger partial charge in [-0.15, -0.1) is 0 Å². The van der Waals surface area contributed by atoms with E-state index in [1.165, 1.54) is 0 Å². The van der Waals surface area contributed by atoms with E-state index in [1.807, 2.05) is 29.5 Å². The maximum Gasteiger partial charge on any atom is 0.195 e. The first-order valence-corrected chi connectivity index (χ1v) is 3.95. The molecule has 0 saturated carbocycles. The van der Waals surface area contributed by atoms with Crippen LogP contribution in [0.25, 0.3) is 0 Å². The van der Waals surface area contributed by atoms with Crippen LogP contribution in [0, 0.1) is 5.92 Å². The zero-order valence-electron chi connectivity index (χ0n) is 5.28. The van der Waals surface area contributed by atoms with Crippen LogP contribution in [0.4, 0.5) is 0 Å². The highest BCUT2D eigenvalue weighted by atomic mass is 127. The van der Waals surface area contributed by atoms with E-state index >= 15 is 0 Å². The van der Waals surface area contributed by atoms with Crippen LogP contribution in [0.3, 0.4) is 0 Å². The van der Waals surface area contributed by atoms with Gasteiger partial charge in [-0.1, -0.05) is 20.3 Å². The van der Waals surface area contributed by atoms with Crippen molar-refractivity contribution in [3.8, 4) is 0 Å². The standard InChI is InChI=1S/C6H11IO/c1-3-4-5(2)6(7)8/h5H,3-4H2,1-2H3. The topological polar surface area (TPSA) is 17.1 Å². The minimum atomic E-state index is 0.264. The van der Waals surface area contributed by atoms with Gasteiger partial charge in [0, 0.05) is 5.92 Å². The van der Waals surface area contributed by atoms with Crippen LogP contribution in [0.2, 0.25) is 0 Å². The quantitative estimate of drug-likeness (QED) is 0.533. The molecule has 1 nitrogen and oxygen atoms in total. The largest absolute Gasteiger partial charge is 0.288 e. The Balaban J connectivity index is 3.32. The molecule has 0 N–H and O–H groups in total. The number of carbonyl (C=O) groups is 1. The molecular formula is C6H11IO. The molecule has 0 aromatic heterocycles. The monoisotopic (exact) mass is 226 g/mol. The van der Waals surface area contributed by atoms with Gasteiger partial charge in [0.1, 0.15) is 0 Å². The molecule has 0 fully saturated rings. The van der Waals surface area contributed by atoms with Crippen LogP contribution in [0.5, 0.6) is 0 Å². The molecular weight excluding hydrogens is 215 g/mol. The van der Waals surface area contributed by atoms with Crippen LogP contribution < -0.4 is 0 Å². The fraction of sp³-hybridized carbons (Fsp3) is 0.833. The highest BCUT2D eigenvalue weighted by Gasteiger charge is 2.05. The van der Waals surface area contributed by atoms with Crippen LogP contribution in [-0.4, -0.2) is 3.79 Å². The van der Waals surface area contributed by atoms with Gasteiger partial charge in [-0.2, -0.15) is 0 Å². The normalized spacial score (nSPS) is 13.4. The number of hydrogen-bond donors (Lipinski definition) is 0. The molecule has 0 aliphatic carbocycles. The molecule has 0 aromatic rings. The Morgan fingerprint density at radius 3 is 2.38 bits per heavy atom. The summed E-state index contributed by atoms with van der Waals surface area (Å²) in [7, 11) is 0. The van der Waals surface area contributed by atoms with Gasteiger partial charge < -0.3 is 0 Å². The van der Waals surface area contributed by atoms with Crippen LogP contribution in [0.1, 0.15) is 26.7 Å². The third-order valence-electron chi connectivity index (χ3n) is 1.11. The maximum absolute atomic E-state index is 10.5. The van der Waals surface area contributed by atoms with E-state index in [4.69, 9.17) is 0 Å². The van der Waals surface area contributed by atoms with Crippen molar-refractivity contribution in [3.63, 3.8) is 0 Å². The molecule has 0 saturated heterocycles. The smallest absolute Gasteiger partial charge is 0.195 e. The molecule has 0 amide bonds. The molecule has 0 spiro atoms. The van der Waals surface area contributed by atoms with Crippen molar-refractivity contribution >= 4 is 26.4 Å². The molecule has 1 atom stereocenters. The summed E-state index contributed by atoms with van der Waals surface area (Å²) in [5.74, 6) is 0.264. The molecule has 1 unspecified atom stereocenters. The molecule has 2 heteroatoms. The van der Waals surface area contributed by atoms with Crippen molar-refractivity contribution in [2.24, 2.45) is 5.92 Å². The van der Waals surface area contributed by atoms with Crippen molar-refractivity contribution in [1.29, 1.82) is 0 Å². The Kier molecular flexibility index (Phi) is 4.51. The Labute approximate surface area is 64.0 Å². The van der Waals surface area contributed by atoms with E-state index in [2.05, 4.69) is 6.92 Å². The van der Waals surface area contributed by atoms with E-state index in [0.29, 0.717) is 0 Å². The van der Waals surface area contributed by atoms with Gasteiger partial charge in [0.05, 0.1) is 0 Å². The lowest BCUT2D eigenvalue weighted by Gasteiger charge is -2.00. The molecule has 0 rings (SSSR count). The lowest BCUT2D eigenvalue weighted by molar-refractivity contribution is -0.112. The fourth-order valence-corrected chi connectivity index (χ4v) is 0.858. The van der Waals surface area contributed by atoms with Gasteiger partial charge >= 0.3 is 0 Å². The second-order valence-corrected chi connectivity index (χ2v) is 3.06. The van der Waals surface area contributed by atoms with Gasteiger partial charge in [-0.05, 0) is 29.0 Å². The second-order valence-electron chi connectivity index (χ2n) is 1.99. The number of rotatable bonds is 3. The lowest BCUT2D eigenvalue weighted by Crippen LogP contribution is -2.01. The van der Waals surface area contributed by atoms with Crippen molar-refractivity contribution in [3.05, 3.63) is 0 Å². The Hall–Kier alpha value is 0.400. The van der Waals surface area contributed by atoms with Crippen LogP contribution in [-0.2, 0) is 4.79 Å². The molecule has 48 valence electrons. The Morgan fingerprint density at radius 2 is 2.25 bits per heavy atom. The zero-order valence-corrected chi connectivity index (χ0v) is 7.44. The first-order chi connectivity index (χ1) is 3.68. The zero-order chi connectivity index (χ0) is 6.57. The van der Waals surface area contributed by atoms with Gasteiger partial charge in [-0.25, -0.2) is 0 Å². The van der Waals surface area contributed by atoms with Gasteiger partial charge in [0.25, 0.3) is 0 Å². The van der Waals surface area contributed by atoms with Gasteiger partial charge in [0.15, 0.2) is 3.79 Å². The average Bonchev–Trinajstić information content (AvgIpc) is 1.67. The first kappa shape index (κ1) is 8.40. The van der Waals surface area contributed by atoms with E-state index in [0.717, 1.165) is 12.8 Å². The summed E-state index contributed by atoms with van der Waals surface area (Å²) in [6.07, 6.45) is 2.14. The summed E-state index contributed by atoms with van der Waals surface area (Å²) in [5.41, 5.74) is 0. The van der Waals surface area contributed by atoms with E-state index in [1.54, 1.807) is 0 Å². The number of carbonyl (C=O) groups excluding carboxylic acids is 1. The molecule has 0 aliphatic rings. The van der Waals surface area contributed by atoms with Crippen LogP contribution >= 0.6 is 22.6 Å². The summed E-state index contributed by atoms with van der Waals surface area (Å²) >= 11 is 1.85. The molecule has 0 aromatic carbocycles. The summed E-state index contributed by atoms with van der Waals surface area (Å²) in [6.45, 7) is 4.06. The summed E-state index contributed by atoms with van der Waals surface area (Å²) in [4.78, 5) is 10.5. The third kappa shape index (κ3) is 3.41. The van der Waals surface area contributed by atoms with Crippen molar-refractivity contribution in [2.75, 3.05) is 0 Å². The second kappa shape index (κ2) is 4.30. The van der Waals surface area contributed by atoms with Crippen LogP contribution in [0.15, 0.2) is 0 Å². The summed E-state index contributed by atoms with van der Waals surface area (Å²) in [5, 5.41) is 0. The minimum Gasteiger partial charge on any atom is -0.288 e. The fourth-order valence-electron chi connectivity index (χ4n) is 0.546. The Bertz CT molecular complexity index is 80.6. The molecule has 0 aliphatic heterocycles. The summed E-state index contributed by atoms with van der Waals surface area (Å²) < 4.78 is 0.282. The maximum atomic E-state index is 10.5. The van der Waals surface area contributed by atoms with Crippen molar-refractivity contribution < 1.29 is 4.79 Å². The number of hydrogen-bond acceptors (Lipinski definition) is 1. The van der Waals surface area contributed by atoms with Gasteiger partial charge in [-0.3, -0.25) is 4.79 Å². The Morgan fingerprint density at radius 1 is 1.75 bits per heavy atom. The van der Waals surface area contributed by atoms with Crippen molar-refractivity contribution in [1.82, 2.24) is 0 Å². The first-order valence-electron chi connectivity index (χ1n) is 2.87. The molecule has 0 bridgehead atoms. The predicted molar refractivity (Wildman–Crippen MR) is 43.1 cm³/mol. The molecule has 8 heavy (non-hydrogen) atoms. The minimum absolute atomic E-state index is 0.264. The lowest BCUT2D eigenvalue weighted by atomic mass is 10.1. The van der Waals surface area contributed by atoms with Gasteiger partial charge in [0.2, 0.25) is 0 Å². The highest BCUT2D eigenvalue weighted by molar-refractivity contribution is 14.1. The third-order valence-corrected chi connectivity index (χ3v) is 2.17. The van der Waals surface area contributed by atoms with Crippen molar-refractivity contribution in [2.45, 2.75) is 26.7 Å². The highest BCUT2D eigenvalue weighted by Crippen LogP contribution is 2.09. The van der Waals surface area contributed by atoms with E-state index in [9.17, 15) is 4.79 Å². The number of halogens is 1. The average molecular weight is 226 g/mol. The molecule has 0 radical (unpaired) electrons.